The molecule has 2 aromatic heterocycles. The maximum atomic E-state index is 5.90. The summed E-state index contributed by atoms with van der Waals surface area (Å²) in [4.78, 5) is 0. The highest BCUT2D eigenvalue weighted by atomic mass is 127. The fourth-order valence-electron chi connectivity index (χ4n) is 1.89. The maximum Gasteiger partial charge on any atom is 0.125 e. The summed E-state index contributed by atoms with van der Waals surface area (Å²) in [5.74, 6) is 2.08. The third kappa shape index (κ3) is 3.36. The molecule has 2 nitrogen and oxygen atoms in total. The monoisotopic (exact) mass is 375 g/mol. The minimum Gasteiger partial charge on any atom is -0.464 e. The average Bonchev–Trinajstić information content (AvgIpc) is 2.99. The second-order valence-electron chi connectivity index (χ2n) is 4.23. The summed E-state index contributed by atoms with van der Waals surface area (Å²) in [7, 11) is 0. The third-order valence-corrected chi connectivity index (χ3v) is 4.64. The topological polar surface area (TPSA) is 25.2 Å². The molecule has 98 valence electrons. The molecule has 1 unspecified atom stereocenters. The van der Waals surface area contributed by atoms with Crippen LogP contribution in [0.4, 0.5) is 0 Å². The van der Waals surface area contributed by atoms with Gasteiger partial charge in [-0.25, -0.2) is 0 Å². The molecule has 0 saturated heterocycles. The van der Waals surface area contributed by atoms with E-state index in [0.717, 1.165) is 30.9 Å². The molecule has 0 bridgehead atoms. The van der Waals surface area contributed by atoms with E-state index in [1.807, 2.05) is 0 Å². The Morgan fingerprint density at radius 2 is 2.22 bits per heavy atom. The Bertz CT molecular complexity index is 491. The van der Waals surface area contributed by atoms with Gasteiger partial charge in [-0.05, 0) is 64.7 Å². The van der Waals surface area contributed by atoms with Crippen molar-refractivity contribution in [3.05, 3.63) is 43.5 Å². The van der Waals surface area contributed by atoms with Crippen LogP contribution in [0.3, 0.4) is 0 Å². The first-order valence-corrected chi connectivity index (χ1v) is 8.26. The lowest BCUT2D eigenvalue weighted by atomic mass is 10.1. The van der Waals surface area contributed by atoms with Gasteiger partial charge in [-0.3, -0.25) is 0 Å². The van der Waals surface area contributed by atoms with Crippen molar-refractivity contribution < 1.29 is 4.42 Å². The van der Waals surface area contributed by atoms with E-state index in [9.17, 15) is 0 Å². The molecule has 18 heavy (non-hydrogen) atoms. The van der Waals surface area contributed by atoms with Crippen LogP contribution in [0.25, 0.3) is 0 Å². The van der Waals surface area contributed by atoms with Crippen LogP contribution in [0, 0.1) is 2.88 Å². The summed E-state index contributed by atoms with van der Waals surface area (Å²) in [6, 6.07) is 6.58. The lowest BCUT2D eigenvalue weighted by molar-refractivity contribution is 0.422. The molecule has 2 rings (SSSR count). The van der Waals surface area contributed by atoms with Crippen molar-refractivity contribution in [3.63, 3.8) is 0 Å². The quantitative estimate of drug-likeness (QED) is 0.747. The molecular weight excluding hydrogens is 357 g/mol. The van der Waals surface area contributed by atoms with Crippen LogP contribution in [-0.4, -0.2) is 6.54 Å². The molecule has 2 heterocycles. The summed E-state index contributed by atoms with van der Waals surface area (Å²) >= 11 is 4.14. The fourth-order valence-corrected chi connectivity index (χ4v) is 3.28. The summed E-state index contributed by atoms with van der Waals surface area (Å²) in [5, 5.41) is 5.77. The van der Waals surface area contributed by atoms with Gasteiger partial charge in [0.25, 0.3) is 0 Å². The van der Waals surface area contributed by atoms with Crippen LogP contribution in [-0.2, 0) is 6.42 Å². The van der Waals surface area contributed by atoms with Gasteiger partial charge in [-0.15, -0.1) is 11.3 Å². The van der Waals surface area contributed by atoms with Crippen LogP contribution in [0.5, 0.6) is 0 Å². The lowest BCUT2D eigenvalue weighted by Gasteiger charge is -2.15. The van der Waals surface area contributed by atoms with Gasteiger partial charge in [-0.2, -0.15) is 0 Å². The number of rotatable bonds is 6. The van der Waals surface area contributed by atoms with Crippen molar-refractivity contribution >= 4 is 33.9 Å². The van der Waals surface area contributed by atoms with Gasteiger partial charge < -0.3 is 9.73 Å². The Labute approximate surface area is 126 Å². The second kappa shape index (κ2) is 6.73. The first-order chi connectivity index (χ1) is 8.74. The van der Waals surface area contributed by atoms with E-state index in [0.29, 0.717) is 0 Å². The molecule has 0 amide bonds. The van der Waals surface area contributed by atoms with Gasteiger partial charge in [0.05, 0.1) is 8.93 Å². The molecule has 4 heteroatoms. The Kier molecular flexibility index (Phi) is 5.26. The first-order valence-electron chi connectivity index (χ1n) is 6.30. The summed E-state index contributed by atoms with van der Waals surface area (Å²) in [5.41, 5.74) is 1.30. The smallest absolute Gasteiger partial charge is 0.125 e. The van der Waals surface area contributed by atoms with Gasteiger partial charge >= 0.3 is 0 Å². The molecule has 1 N–H and O–H groups in total. The van der Waals surface area contributed by atoms with Gasteiger partial charge in [0.1, 0.15) is 11.5 Å². The number of thiophene rings is 1. The normalized spacial score (nSPS) is 12.8. The van der Waals surface area contributed by atoms with Crippen LogP contribution < -0.4 is 5.32 Å². The zero-order valence-corrected chi connectivity index (χ0v) is 13.7. The minimum atomic E-state index is 0.185. The molecule has 0 aliphatic carbocycles. The number of aryl methyl sites for hydroxylation is 1. The van der Waals surface area contributed by atoms with E-state index in [-0.39, 0.29) is 6.04 Å². The fraction of sp³-hybridized carbons (Fsp3) is 0.429. The van der Waals surface area contributed by atoms with E-state index < -0.39 is 0 Å². The highest BCUT2D eigenvalue weighted by Crippen LogP contribution is 2.28. The zero-order valence-electron chi connectivity index (χ0n) is 10.7. The molecule has 0 radical (unpaired) electrons. The first kappa shape index (κ1) is 14.1. The number of nitrogens with one attached hydrogen (secondary N) is 1. The summed E-state index contributed by atoms with van der Waals surface area (Å²) in [6.07, 6.45) is 2.07. The number of furan rings is 1. The Balaban J connectivity index is 2.24. The van der Waals surface area contributed by atoms with E-state index in [1.165, 1.54) is 8.45 Å². The average molecular weight is 375 g/mol. The maximum absolute atomic E-state index is 5.90. The highest BCUT2D eigenvalue weighted by molar-refractivity contribution is 14.1. The van der Waals surface area contributed by atoms with Crippen LogP contribution in [0.1, 0.15) is 43.4 Å². The lowest BCUT2D eigenvalue weighted by Crippen LogP contribution is -2.22. The molecule has 0 aromatic carbocycles. The van der Waals surface area contributed by atoms with Crippen LogP contribution in [0.15, 0.2) is 28.0 Å². The Hall–Kier alpha value is -0.330. The van der Waals surface area contributed by atoms with Crippen molar-refractivity contribution in [3.8, 4) is 0 Å². The van der Waals surface area contributed by atoms with Crippen molar-refractivity contribution in [1.82, 2.24) is 5.32 Å². The Morgan fingerprint density at radius 3 is 2.78 bits per heavy atom. The second-order valence-corrected chi connectivity index (χ2v) is 7.03. The minimum absolute atomic E-state index is 0.185. The molecular formula is C14H18INOS. The largest absolute Gasteiger partial charge is 0.464 e. The standard InChI is InChI=1S/C14H18INOS/c1-3-7-16-14(10-8-13(15)18-9-10)12-6-5-11(4-2)17-12/h5-6,8-9,14,16H,3-4,7H2,1-2H3. The SMILES string of the molecule is CCCNC(c1csc(I)c1)c1ccc(CC)o1. The number of hydrogen-bond acceptors (Lipinski definition) is 3. The molecule has 0 aliphatic heterocycles. The van der Waals surface area contributed by atoms with E-state index in [1.54, 1.807) is 11.3 Å². The van der Waals surface area contributed by atoms with Crippen molar-refractivity contribution in [2.45, 2.75) is 32.7 Å². The van der Waals surface area contributed by atoms with Gasteiger partial charge in [0, 0.05) is 6.42 Å². The van der Waals surface area contributed by atoms with E-state index in [4.69, 9.17) is 4.42 Å². The van der Waals surface area contributed by atoms with Gasteiger partial charge in [0.15, 0.2) is 0 Å². The van der Waals surface area contributed by atoms with Crippen molar-refractivity contribution in [2.75, 3.05) is 6.54 Å². The number of hydrogen-bond donors (Lipinski definition) is 1. The molecule has 0 fully saturated rings. The summed E-state index contributed by atoms with van der Waals surface area (Å²) < 4.78 is 7.21. The molecule has 1 atom stereocenters. The van der Waals surface area contributed by atoms with E-state index >= 15 is 0 Å². The Morgan fingerprint density at radius 1 is 1.39 bits per heavy atom. The van der Waals surface area contributed by atoms with Crippen molar-refractivity contribution in [1.29, 1.82) is 0 Å². The van der Waals surface area contributed by atoms with E-state index in [2.05, 4.69) is 65.3 Å². The van der Waals surface area contributed by atoms with Gasteiger partial charge in [-0.1, -0.05) is 13.8 Å². The molecule has 2 aromatic rings. The van der Waals surface area contributed by atoms with Gasteiger partial charge in [0.2, 0.25) is 0 Å². The predicted molar refractivity (Wildman–Crippen MR) is 85.3 cm³/mol. The predicted octanol–water partition coefficient (Wildman–Crippen LogP) is 4.60. The highest BCUT2D eigenvalue weighted by Gasteiger charge is 2.18. The van der Waals surface area contributed by atoms with Crippen molar-refractivity contribution in [2.24, 2.45) is 0 Å². The number of halogens is 1. The molecule has 0 aliphatic rings. The summed E-state index contributed by atoms with van der Waals surface area (Å²) in [6.45, 7) is 5.30. The molecule has 0 saturated carbocycles. The van der Waals surface area contributed by atoms with Crippen LogP contribution in [0.2, 0.25) is 0 Å². The molecule has 0 spiro atoms. The van der Waals surface area contributed by atoms with Crippen LogP contribution >= 0.6 is 33.9 Å². The third-order valence-electron chi connectivity index (χ3n) is 2.83. The zero-order chi connectivity index (χ0) is 13.0.